The number of aliphatic hydroxyl groups is 1. The van der Waals surface area contributed by atoms with Gasteiger partial charge in [0, 0.05) is 31.7 Å². The number of carbonyl (C=O) groups excluding carboxylic acids is 1. The minimum Gasteiger partial charge on any atom is -0.491 e. The van der Waals surface area contributed by atoms with E-state index in [-0.39, 0.29) is 18.3 Å². The van der Waals surface area contributed by atoms with Crippen LogP contribution in [-0.2, 0) is 0 Å². The molecular formula is C27H31FN4O3. The van der Waals surface area contributed by atoms with Gasteiger partial charge in [-0.25, -0.2) is 9.37 Å². The average molecular weight is 479 g/mol. The molecule has 0 radical (unpaired) electrons. The molecule has 8 heteroatoms. The number of aromatic nitrogens is 1. The summed E-state index contributed by atoms with van der Waals surface area (Å²) in [6.07, 6.45) is 2.02. The van der Waals surface area contributed by atoms with E-state index in [4.69, 9.17) is 4.74 Å². The van der Waals surface area contributed by atoms with Crippen molar-refractivity contribution in [1.29, 1.82) is 0 Å². The van der Waals surface area contributed by atoms with Crippen molar-refractivity contribution in [2.24, 2.45) is 0 Å². The molecule has 2 heterocycles. The molecular weight excluding hydrogens is 447 g/mol. The molecule has 4 rings (SSSR count). The number of amides is 1. The van der Waals surface area contributed by atoms with Crippen LogP contribution in [0.1, 0.15) is 22.3 Å². The number of halogens is 1. The molecule has 1 atom stereocenters. The van der Waals surface area contributed by atoms with E-state index in [9.17, 15) is 14.3 Å². The molecule has 3 aromatic rings. The van der Waals surface area contributed by atoms with Crippen molar-refractivity contribution < 1.29 is 19.0 Å². The fourth-order valence-corrected chi connectivity index (χ4v) is 4.09. The molecule has 1 amide bonds. The van der Waals surface area contributed by atoms with Crippen LogP contribution < -0.4 is 15.0 Å². The number of aryl methyl sites for hydroxylation is 1. The predicted octanol–water partition coefficient (Wildman–Crippen LogP) is 3.73. The van der Waals surface area contributed by atoms with Crippen molar-refractivity contribution in [1.82, 2.24) is 9.88 Å². The SMILES string of the molecule is Cc1ccccc1OCC(O)CN1CCCN(c2ccc(NC(=O)c3ccc(F)cc3)cn2)CC1. The van der Waals surface area contributed by atoms with E-state index < -0.39 is 6.10 Å². The molecule has 1 unspecified atom stereocenters. The minimum absolute atomic E-state index is 0.262. The van der Waals surface area contributed by atoms with E-state index in [1.165, 1.54) is 24.3 Å². The van der Waals surface area contributed by atoms with Gasteiger partial charge in [0.1, 0.15) is 30.1 Å². The Kier molecular flexibility index (Phi) is 8.28. The van der Waals surface area contributed by atoms with Gasteiger partial charge in [0.25, 0.3) is 5.91 Å². The number of rotatable bonds is 8. The average Bonchev–Trinajstić information content (AvgIpc) is 3.10. The van der Waals surface area contributed by atoms with Crippen molar-refractivity contribution in [2.75, 3.05) is 49.5 Å². The number of nitrogens with zero attached hydrogens (tertiary/aromatic N) is 3. The Hall–Kier alpha value is -3.49. The van der Waals surface area contributed by atoms with E-state index >= 15 is 0 Å². The lowest BCUT2D eigenvalue weighted by Crippen LogP contribution is -2.38. The van der Waals surface area contributed by atoms with Gasteiger partial charge < -0.3 is 20.1 Å². The van der Waals surface area contributed by atoms with Gasteiger partial charge in [0.2, 0.25) is 0 Å². The third kappa shape index (κ3) is 7.00. The van der Waals surface area contributed by atoms with Gasteiger partial charge in [-0.1, -0.05) is 18.2 Å². The third-order valence-electron chi connectivity index (χ3n) is 6.02. The lowest BCUT2D eigenvalue weighted by Gasteiger charge is -2.24. The van der Waals surface area contributed by atoms with Crippen LogP contribution in [0.5, 0.6) is 5.75 Å². The third-order valence-corrected chi connectivity index (χ3v) is 6.02. The molecule has 2 aromatic carbocycles. The highest BCUT2D eigenvalue weighted by molar-refractivity contribution is 6.04. The van der Waals surface area contributed by atoms with E-state index in [2.05, 4.69) is 20.1 Å². The first-order valence-corrected chi connectivity index (χ1v) is 11.8. The van der Waals surface area contributed by atoms with Crippen LogP contribution in [0.25, 0.3) is 0 Å². The second-order valence-electron chi connectivity index (χ2n) is 8.74. The summed E-state index contributed by atoms with van der Waals surface area (Å²) in [7, 11) is 0. The zero-order valence-electron chi connectivity index (χ0n) is 19.9. The lowest BCUT2D eigenvalue weighted by atomic mass is 10.2. The zero-order valence-corrected chi connectivity index (χ0v) is 19.9. The van der Waals surface area contributed by atoms with Gasteiger partial charge in [-0.05, 0) is 67.9 Å². The summed E-state index contributed by atoms with van der Waals surface area (Å²) in [5, 5.41) is 13.3. The van der Waals surface area contributed by atoms with Gasteiger partial charge in [-0.2, -0.15) is 0 Å². The molecule has 7 nitrogen and oxygen atoms in total. The van der Waals surface area contributed by atoms with Gasteiger partial charge in [0.15, 0.2) is 0 Å². The van der Waals surface area contributed by atoms with E-state index in [0.717, 1.165) is 49.7 Å². The topological polar surface area (TPSA) is 77.9 Å². The Bertz CT molecular complexity index is 1110. The lowest BCUT2D eigenvalue weighted by molar-refractivity contribution is 0.0702. The van der Waals surface area contributed by atoms with Gasteiger partial charge in [-0.15, -0.1) is 0 Å². The maximum absolute atomic E-state index is 13.1. The maximum Gasteiger partial charge on any atom is 0.255 e. The number of carbonyl (C=O) groups is 1. The number of ether oxygens (including phenoxy) is 1. The van der Waals surface area contributed by atoms with E-state index in [0.29, 0.717) is 17.8 Å². The molecule has 0 saturated carbocycles. The Morgan fingerprint density at radius 1 is 1.09 bits per heavy atom. The molecule has 0 bridgehead atoms. The van der Waals surface area contributed by atoms with Crippen LogP contribution >= 0.6 is 0 Å². The number of hydrogen-bond donors (Lipinski definition) is 2. The first-order chi connectivity index (χ1) is 17.0. The van der Waals surface area contributed by atoms with Crippen molar-refractivity contribution in [2.45, 2.75) is 19.4 Å². The summed E-state index contributed by atoms with van der Waals surface area (Å²) in [6.45, 7) is 6.17. The number of aliphatic hydroxyl groups excluding tert-OH is 1. The van der Waals surface area contributed by atoms with Crippen LogP contribution in [0.4, 0.5) is 15.9 Å². The minimum atomic E-state index is -0.566. The van der Waals surface area contributed by atoms with Crippen molar-refractivity contribution in [3.05, 3.63) is 83.8 Å². The highest BCUT2D eigenvalue weighted by Crippen LogP contribution is 2.18. The van der Waals surface area contributed by atoms with Gasteiger partial charge in [0.05, 0.1) is 11.9 Å². The first kappa shape index (κ1) is 24.6. The number of anilines is 2. The number of nitrogens with one attached hydrogen (secondary N) is 1. The van der Waals surface area contributed by atoms with Gasteiger partial charge >= 0.3 is 0 Å². The number of pyridine rings is 1. The van der Waals surface area contributed by atoms with Crippen molar-refractivity contribution in [3.63, 3.8) is 0 Å². The molecule has 1 fully saturated rings. The van der Waals surface area contributed by atoms with Crippen LogP contribution in [0.15, 0.2) is 66.9 Å². The number of hydrogen-bond acceptors (Lipinski definition) is 6. The molecule has 184 valence electrons. The monoisotopic (exact) mass is 478 g/mol. The number of benzene rings is 2. The summed E-state index contributed by atoms with van der Waals surface area (Å²) in [4.78, 5) is 21.3. The molecule has 1 aromatic heterocycles. The smallest absolute Gasteiger partial charge is 0.255 e. The van der Waals surface area contributed by atoms with Crippen LogP contribution in [-0.4, -0.2) is 66.3 Å². The van der Waals surface area contributed by atoms with Gasteiger partial charge in [-0.3, -0.25) is 9.69 Å². The second kappa shape index (κ2) is 11.8. The normalized spacial score (nSPS) is 15.3. The first-order valence-electron chi connectivity index (χ1n) is 11.8. The van der Waals surface area contributed by atoms with Crippen LogP contribution in [0.3, 0.4) is 0 Å². The molecule has 1 aliphatic heterocycles. The molecule has 0 aliphatic carbocycles. The number of para-hydroxylation sites is 1. The largest absolute Gasteiger partial charge is 0.491 e. The number of β-amino-alcohol motifs (C(OH)–C–C–N with tert-alkyl or cyclic N) is 1. The summed E-state index contributed by atoms with van der Waals surface area (Å²) in [6, 6.07) is 16.9. The molecule has 0 spiro atoms. The predicted molar refractivity (Wildman–Crippen MR) is 135 cm³/mol. The summed E-state index contributed by atoms with van der Waals surface area (Å²) >= 11 is 0. The Morgan fingerprint density at radius 3 is 2.63 bits per heavy atom. The maximum atomic E-state index is 13.1. The quantitative estimate of drug-likeness (QED) is 0.514. The van der Waals surface area contributed by atoms with E-state index in [1.807, 2.05) is 43.3 Å². The van der Waals surface area contributed by atoms with Crippen LogP contribution in [0.2, 0.25) is 0 Å². The highest BCUT2D eigenvalue weighted by atomic mass is 19.1. The molecule has 35 heavy (non-hydrogen) atoms. The Morgan fingerprint density at radius 2 is 1.89 bits per heavy atom. The molecule has 1 saturated heterocycles. The fraction of sp³-hybridized carbons (Fsp3) is 0.333. The van der Waals surface area contributed by atoms with Crippen molar-refractivity contribution >= 4 is 17.4 Å². The standard InChI is InChI=1S/C27H31FN4O3/c1-20-5-2-3-6-25(20)35-19-24(33)18-31-13-4-14-32(16-15-31)26-12-11-23(17-29-26)30-27(34)21-7-9-22(28)10-8-21/h2-3,5-12,17,24,33H,4,13-16,18-19H2,1H3,(H,30,34). The molecule has 2 N–H and O–H groups in total. The highest BCUT2D eigenvalue weighted by Gasteiger charge is 2.19. The Balaban J connectivity index is 1.25. The Labute approximate surface area is 205 Å². The summed E-state index contributed by atoms with van der Waals surface area (Å²) < 4.78 is 18.8. The summed E-state index contributed by atoms with van der Waals surface area (Å²) in [5.74, 6) is 0.954. The van der Waals surface area contributed by atoms with Crippen LogP contribution in [0, 0.1) is 12.7 Å². The van der Waals surface area contributed by atoms with E-state index in [1.54, 1.807) is 6.20 Å². The summed E-state index contributed by atoms with van der Waals surface area (Å²) in [5.41, 5.74) is 2.02. The second-order valence-corrected chi connectivity index (χ2v) is 8.74. The van der Waals surface area contributed by atoms with Crippen molar-refractivity contribution in [3.8, 4) is 5.75 Å². The molecule has 1 aliphatic rings. The zero-order chi connectivity index (χ0) is 24.6. The fourth-order valence-electron chi connectivity index (χ4n) is 4.09.